The van der Waals surface area contributed by atoms with Crippen LogP contribution < -0.4 is 5.32 Å². The highest BCUT2D eigenvalue weighted by atomic mass is 16.6. The molecule has 4 aromatic rings. The molecule has 0 aliphatic carbocycles. The van der Waals surface area contributed by atoms with E-state index in [0.29, 0.717) is 22.7 Å². The highest BCUT2D eigenvalue weighted by Crippen LogP contribution is 2.24. The molecule has 1 amide bonds. The summed E-state index contributed by atoms with van der Waals surface area (Å²) < 4.78 is 7.85. The van der Waals surface area contributed by atoms with Crippen molar-refractivity contribution in [2.24, 2.45) is 0 Å². The van der Waals surface area contributed by atoms with Crippen molar-refractivity contribution in [3.63, 3.8) is 0 Å². The first-order valence-corrected chi connectivity index (χ1v) is 9.96. The topological polar surface area (TPSA) is 147 Å². The summed E-state index contributed by atoms with van der Waals surface area (Å²) >= 11 is 0. The third-order valence-electron chi connectivity index (χ3n) is 4.91. The van der Waals surface area contributed by atoms with E-state index in [2.05, 4.69) is 20.5 Å². The maximum atomic E-state index is 12.5. The summed E-state index contributed by atoms with van der Waals surface area (Å²) in [5.41, 5.74) is 2.66. The van der Waals surface area contributed by atoms with Crippen molar-refractivity contribution in [3.8, 4) is 11.3 Å². The Labute approximate surface area is 187 Å². The number of anilines is 1. The number of carbonyl (C=O) groups is 2. The van der Waals surface area contributed by atoms with Gasteiger partial charge in [0.2, 0.25) is 5.91 Å². The molecule has 0 atom stereocenters. The predicted octanol–water partition coefficient (Wildman–Crippen LogP) is 2.62. The summed E-state index contributed by atoms with van der Waals surface area (Å²) in [4.78, 5) is 39.3. The minimum absolute atomic E-state index is 0.145. The molecular weight excluding hydrogens is 430 g/mol. The van der Waals surface area contributed by atoms with Crippen molar-refractivity contribution >= 4 is 28.9 Å². The van der Waals surface area contributed by atoms with Gasteiger partial charge in [0.1, 0.15) is 24.0 Å². The molecule has 0 spiro atoms. The predicted molar refractivity (Wildman–Crippen MR) is 117 cm³/mol. The number of ether oxygens (including phenoxy) is 1. The highest BCUT2D eigenvalue weighted by Gasteiger charge is 2.19. The zero-order valence-electron chi connectivity index (χ0n) is 17.8. The third kappa shape index (κ3) is 4.26. The zero-order valence-corrected chi connectivity index (χ0v) is 17.8. The van der Waals surface area contributed by atoms with Crippen molar-refractivity contribution in [1.29, 1.82) is 0 Å². The summed E-state index contributed by atoms with van der Waals surface area (Å²) in [5, 5.41) is 21.9. The number of nitrogens with one attached hydrogen (secondary N) is 1. The molecule has 0 aliphatic heterocycles. The standard InChI is InChI=1S/C21H19N7O5/c1-3-33-21(30)16-10-24-27-17(7-8-22-20(16)27)14-5-4-6-15(9-14)25-19(29)12-26-13(2)18(11-23-26)28(31)32/h4-11H,3,12H2,1-2H3,(H,25,29). The molecule has 0 aliphatic rings. The molecule has 0 bridgehead atoms. The zero-order chi connectivity index (χ0) is 23.5. The number of esters is 1. The van der Waals surface area contributed by atoms with E-state index in [1.165, 1.54) is 22.3 Å². The van der Waals surface area contributed by atoms with Crippen LogP contribution in [0.3, 0.4) is 0 Å². The minimum Gasteiger partial charge on any atom is -0.462 e. The van der Waals surface area contributed by atoms with Crippen LogP contribution in [0, 0.1) is 17.0 Å². The van der Waals surface area contributed by atoms with Crippen LogP contribution in [0.4, 0.5) is 11.4 Å². The first kappa shape index (κ1) is 21.6. The molecular formula is C21H19N7O5. The Bertz CT molecular complexity index is 1370. The fourth-order valence-corrected chi connectivity index (χ4v) is 3.33. The van der Waals surface area contributed by atoms with Crippen molar-refractivity contribution in [2.75, 3.05) is 11.9 Å². The van der Waals surface area contributed by atoms with Crippen LogP contribution in [0.15, 0.2) is 48.9 Å². The summed E-state index contributed by atoms with van der Waals surface area (Å²) in [5.74, 6) is -0.899. The second-order valence-electron chi connectivity index (χ2n) is 7.00. The fraction of sp³-hybridized carbons (Fsp3) is 0.190. The molecule has 0 unspecified atom stereocenters. The van der Waals surface area contributed by atoms with Gasteiger partial charge in [-0.2, -0.15) is 10.2 Å². The monoisotopic (exact) mass is 449 g/mol. The van der Waals surface area contributed by atoms with Gasteiger partial charge in [-0.25, -0.2) is 14.3 Å². The molecule has 168 valence electrons. The number of hydrogen-bond donors (Lipinski definition) is 1. The van der Waals surface area contributed by atoms with Crippen LogP contribution in [0.5, 0.6) is 0 Å². The van der Waals surface area contributed by atoms with Gasteiger partial charge in [-0.05, 0) is 32.0 Å². The molecule has 12 nitrogen and oxygen atoms in total. The number of carbonyl (C=O) groups excluding carboxylic acids is 2. The van der Waals surface area contributed by atoms with E-state index in [9.17, 15) is 19.7 Å². The molecule has 0 radical (unpaired) electrons. The second kappa shape index (κ2) is 8.86. The fourth-order valence-electron chi connectivity index (χ4n) is 3.33. The van der Waals surface area contributed by atoms with Crippen LogP contribution in [0.25, 0.3) is 16.9 Å². The Balaban J connectivity index is 1.57. The van der Waals surface area contributed by atoms with Gasteiger partial charge in [-0.1, -0.05) is 12.1 Å². The van der Waals surface area contributed by atoms with Crippen molar-refractivity contribution in [3.05, 3.63) is 70.3 Å². The minimum atomic E-state index is -0.543. The van der Waals surface area contributed by atoms with E-state index in [1.54, 1.807) is 37.4 Å². The Morgan fingerprint density at radius 3 is 2.76 bits per heavy atom. The number of nitrogens with zero attached hydrogens (tertiary/aromatic N) is 6. The third-order valence-corrected chi connectivity index (χ3v) is 4.91. The number of nitro groups is 1. The average Bonchev–Trinajstić information content (AvgIpc) is 3.38. The maximum Gasteiger partial charge on any atom is 0.343 e. The summed E-state index contributed by atoms with van der Waals surface area (Å²) in [7, 11) is 0. The van der Waals surface area contributed by atoms with E-state index < -0.39 is 16.8 Å². The van der Waals surface area contributed by atoms with E-state index >= 15 is 0 Å². The number of fused-ring (bicyclic) bond motifs is 1. The van der Waals surface area contributed by atoms with Crippen molar-refractivity contribution < 1.29 is 19.2 Å². The van der Waals surface area contributed by atoms with Gasteiger partial charge >= 0.3 is 11.7 Å². The van der Waals surface area contributed by atoms with Gasteiger partial charge in [-0.15, -0.1) is 0 Å². The molecule has 3 heterocycles. The Kier molecular flexibility index (Phi) is 5.81. The van der Waals surface area contributed by atoms with Crippen LogP contribution in [0.1, 0.15) is 23.0 Å². The van der Waals surface area contributed by atoms with E-state index in [0.717, 1.165) is 11.8 Å². The van der Waals surface area contributed by atoms with Crippen LogP contribution in [0.2, 0.25) is 0 Å². The lowest BCUT2D eigenvalue weighted by Gasteiger charge is -2.09. The number of hydrogen-bond acceptors (Lipinski definition) is 8. The average molecular weight is 449 g/mol. The molecule has 12 heteroatoms. The maximum absolute atomic E-state index is 12.5. The molecule has 0 fully saturated rings. The molecule has 0 saturated carbocycles. The van der Waals surface area contributed by atoms with E-state index in [1.807, 2.05) is 6.07 Å². The Morgan fingerprint density at radius 1 is 1.21 bits per heavy atom. The Hall–Kier alpha value is -4.61. The van der Waals surface area contributed by atoms with Gasteiger partial charge < -0.3 is 10.1 Å². The first-order chi connectivity index (χ1) is 15.9. The number of benzene rings is 1. The van der Waals surface area contributed by atoms with Crippen LogP contribution >= 0.6 is 0 Å². The lowest BCUT2D eigenvalue weighted by molar-refractivity contribution is -0.385. The number of rotatable bonds is 7. The molecule has 4 rings (SSSR count). The molecule has 0 saturated heterocycles. The molecule has 1 aromatic carbocycles. The molecule has 33 heavy (non-hydrogen) atoms. The molecule has 3 aromatic heterocycles. The first-order valence-electron chi connectivity index (χ1n) is 9.96. The summed E-state index contributed by atoms with van der Waals surface area (Å²) in [6.45, 7) is 3.31. The van der Waals surface area contributed by atoms with Crippen LogP contribution in [-0.4, -0.2) is 47.8 Å². The summed E-state index contributed by atoms with van der Waals surface area (Å²) in [6, 6.07) is 8.79. The van der Waals surface area contributed by atoms with E-state index in [4.69, 9.17) is 4.74 Å². The quantitative estimate of drug-likeness (QED) is 0.257. The summed E-state index contributed by atoms with van der Waals surface area (Å²) in [6.07, 6.45) is 4.08. The lowest BCUT2D eigenvalue weighted by Crippen LogP contribution is -2.20. The van der Waals surface area contributed by atoms with Gasteiger partial charge in [0, 0.05) is 17.4 Å². The smallest absolute Gasteiger partial charge is 0.343 e. The SMILES string of the molecule is CCOC(=O)c1cnn2c(-c3cccc(NC(=O)Cn4ncc([N+](=O)[O-])c4C)c3)ccnc12. The largest absolute Gasteiger partial charge is 0.462 e. The van der Waals surface area contributed by atoms with Gasteiger partial charge in [-0.3, -0.25) is 19.6 Å². The van der Waals surface area contributed by atoms with Crippen LogP contribution in [-0.2, 0) is 16.1 Å². The Morgan fingerprint density at radius 2 is 2.03 bits per heavy atom. The van der Waals surface area contributed by atoms with Crippen molar-refractivity contribution in [1.82, 2.24) is 24.4 Å². The number of aromatic nitrogens is 5. The molecule has 1 N–H and O–H groups in total. The second-order valence-corrected chi connectivity index (χ2v) is 7.00. The normalized spacial score (nSPS) is 10.8. The van der Waals surface area contributed by atoms with Crippen molar-refractivity contribution in [2.45, 2.75) is 20.4 Å². The van der Waals surface area contributed by atoms with Gasteiger partial charge in [0.15, 0.2) is 5.65 Å². The van der Waals surface area contributed by atoms with E-state index in [-0.39, 0.29) is 24.4 Å². The lowest BCUT2D eigenvalue weighted by atomic mass is 10.1. The van der Waals surface area contributed by atoms with Gasteiger partial charge in [0.05, 0.1) is 23.4 Å². The number of amides is 1. The highest BCUT2D eigenvalue weighted by molar-refractivity contribution is 5.96. The van der Waals surface area contributed by atoms with Gasteiger partial charge in [0.25, 0.3) is 0 Å².